The highest BCUT2D eigenvalue weighted by atomic mass is 16.4. The van der Waals surface area contributed by atoms with Crippen molar-refractivity contribution in [2.24, 2.45) is 5.41 Å². The molecule has 0 unspecified atom stereocenters. The van der Waals surface area contributed by atoms with Crippen LogP contribution in [0, 0.1) is 5.41 Å². The predicted octanol–water partition coefficient (Wildman–Crippen LogP) is 2.05. The van der Waals surface area contributed by atoms with Crippen molar-refractivity contribution in [2.45, 2.75) is 20.8 Å². The molecule has 0 bridgehead atoms. The Kier molecular flexibility index (Phi) is 5.88. The minimum Gasteiger partial charge on any atom is -0.478 e. The summed E-state index contributed by atoms with van der Waals surface area (Å²) in [5.41, 5.74) is 0.101. The van der Waals surface area contributed by atoms with Crippen molar-refractivity contribution in [2.75, 3.05) is 12.4 Å². The average Bonchev–Trinajstić information content (AvgIpc) is 2.29. The molecule has 0 saturated carbocycles. The zero-order chi connectivity index (χ0) is 13.5. The molecule has 0 saturated heterocycles. The van der Waals surface area contributed by atoms with E-state index in [4.69, 9.17) is 5.11 Å². The lowest BCUT2D eigenvalue weighted by Gasteiger charge is -2.03. The quantitative estimate of drug-likeness (QED) is 0.771. The van der Waals surface area contributed by atoms with Crippen LogP contribution in [0.5, 0.6) is 0 Å². The minimum atomic E-state index is -0.941. The van der Waals surface area contributed by atoms with Gasteiger partial charge < -0.3 is 15.2 Å². The Labute approximate surface area is 101 Å². The molecule has 5 nitrogen and oxygen atoms in total. The highest BCUT2D eigenvalue weighted by Gasteiger charge is 2.04. The summed E-state index contributed by atoms with van der Waals surface area (Å²) in [6.07, 6.45) is 2.39. The number of hydrogen-bond donors (Lipinski definition) is 2. The van der Waals surface area contributed by atoms with E-state index in [1.54, 1.807) is 7.05 Å². The van der Waals surface area contributed by atoms with Crippen LogP contribution >= 0.6 is 0 Å². The Bertz CT molecular complexity index is 384. The number of carboxylic acid groups (broad SMARTS) is 1. The van der Waals surface area contributed by atoms with Gasteiger partial charge in [-0.2, -0.15) is 0 Å². The first kappa shape index (κ1) is 15.1. The molecule has 1 heterocycles. The molecule has 0 spiro atoms. The maximum atomic E-state index is 10.4. The number of rotatable bonds is 2. The fourth-order valence-corrected chi connectivity index (χ4v) is 0.700. The number of carboxylic acids is 1. The summed E-state index contributed by atoms with van der Waals surface area (Å²) in [5.74, 6) is -0.381. The lowest BCUT2D eigenvalue weighted by Crippen LogP contribution is -2.04. The number of hydrogen-bond acceptors (Lipinski definition) is 4. The zero-order valence-corrected chi connectivity index (χ0v) is 10.5. The molecule has 0 radical (unpaired) electrons. The van der Waals surface area contributed by atoms with Crippen LogP contribution in [0.15, 0.2) is 18.3 Å². The molecule has 0 atom stereocenters. The molecule has 5 heteroatoms. The lowest BCUT2D eigenvalue weighted by atomic mass is 10.0. The van der Waals surface area contributed by atoms with Gasteiger partial charge in [0.15, 0.2) is 0 Å². The number of aldehydes is 1. The Morgan fingerprint density at radius 2 is 2.00 bits per heavy atom. The maximum Gasteiger partial charge on any atom is 0.335 e. The van der Waals surface area contributed by atoms with Crippen LogP contribution in [0.4, 0.5) is 5.82 Å². The molecule has 0 fully saturated rings. The minimum absolute atomic E-state index is 0.139. The van der Waals surface area contributed by atoms with Crippen molar-refractivity contribution in [3.63, 3.8) is 0 Å². The van der Waals surface area contributed by atoms with Crippen LogP contribution < -0.4 is 5.32 Å². The van der Waals surface area contributed by atoms with Crippen LogP contribution in [0.3, 0.4) is 0 Å². The molecule has 1 aromatic heterocycles. The highest BCUT2D eigenvalue weighted by molar-refractivity contribution is 5.88. The van der Waals surface area contributed by atoms with Crippen molar-refractivity contribution in [1.29, 1.82) is 0 Å². The highest BCUT2D eigenvalue weighted by Crippen LogP contribution is 2.06. The Morgan fingerprint density at radius 1 is 1.47 bits per heavy atom. The summed E-state index contributed by atoms with van der Waals surface area (Å²) in [6, 6.07) is 2.92. The van der Waals surface area contributed by atoms with Gasteiger partial charge in [-0.1, -0.05) is 20.8 Å². The van der Waals surface area contributed by atoms with Crippen molar-refractivity contribution in [1.82, 2.24) is 4.98 Å². The van der Waals surface area contributed by atoms with Gasteiger partial charge in [-0.3, -0.25) is 0 Å². The smallest absolute Gasteiger partial charge is 0.335 e. The van der Waals surface area contributed by atoms with Gasteiger partial charge in [0.05, 0.1) is 5.56 Å². The van der Waals surface area contributed by atoms with Crippen LogP contribution in [-0.4, -0.2) is 29.4 Å². The topological polar surface area (TPSA) is 79.3 Å². The van der Waals surface area contributed by atoms with Crippen LogP contribution in [0.25, 0.3) is 0 Å². The fraction of sp³-hybridized carbons (Fsp3) is 0.417. The number of aromatic carboxylic acids is 1. The lowest BCUT2D eigenvalue weighted by molar-refractivity contribution is -0.113. The largest absolute Gasteiger partial charge is 0.478 e. The van der Waals surface area contributed by atoms with E-state index in [0.29, 0.717) is 5.82 Å². The number of aromatic nitrogens is 1. The molecule has 1 rings (SSSR count). The van der Waals surface area contributed by atoms with Gasteiger partial charge in [0.1, 0.15) is 12.1 Å². The molecule has 94 valence electrons. The van der Waals surface area contributed by atoms with Crippen molar-refractivity contribution >= 4 is 18.1 Å². The van der Waals surface area contributed by atoms with Crippen molar-refractivity contribution < 1.29 is 14.7 Å². The van der Waals surface area contributed by atoms with Gasteiger partial charge in [0.25, 0.3) is 0 Å². The first-order valence-electron chi connectivity index (χ1n) is 5.13. The molecule has 0 aromatic carbocycles. The van der Waals surface area contributed by atoms with E-state index in [1.165, 1.54) is 18.3 Å². The number of anilines is 1. The van der Waals surface area contributed by atoms with Crippen LogP contribution in [0.1, 0.15) is 31.1 Å². The monoisotopic (exact) mass is 238 g/mol. The van der Waals surface area contributed by atoms with Gasteiger partial charge in [-0.15, -0.1) is 0 Å². The third-order valence-corrected chi connectivity index (χ3v) is 1.62. The van der Waals surface area contributed by atoms with Gasteiger partial charge in [0.2, 0.25) is 0 Å². The SMILES string of the molecule is CC(C)(C)C=O.CNc1cc(C(=O)O)ccn1. The molecular formula is C12H18N2O3. The molecule has 17 heavy (non-hydrogen) atoms. The third-order valence-electron chi connectivity index (χ3n) is 1.62. The van der Waals surface area contributed by atoms with Gasteiger partial charge in [-0.25, -0.2) is 9.78 Å². The predicted molar refractivity (Wildman–Crippen MR) is 66.3 cm³/mol. The van der Waals surface area contributed by atoms with Crippen LogP contribution in [-0.2, 0) is 4.79 Å². The molecule has 0 amide bonds. The summed E-state index contributed by atoms with van der Waals surface area (Å²) in [4.78, 5) is 24.1. The summed E-state index contributed by atoms with van der Waals surface area (Å²) in [7, 11) is 1.69. The van der Waals surface area contributed by atoms with E-state index < -0.39 is 5.97 Å². The van der Waals surface area contributed by atoms with Gasteiger partial charge in [0, 0.05) is 18.7 Å². The number of nitrogens with one attached hydrogen (secondary N) is 1. The maximum absolute atomic E-state index is 10.4. The Balaban J connectivity index is 0.000000366. The number of carbonyl (C=O) groups is 2. The number of nitrogens with zero attached hydrogens (tertiary/aromatic N) is 1. The summed E-state index contributed by atoms with van der Waals surface area (Å²) < 4.78 is 0. The Hall–Kier alpha value is -1.91. The van der Waals surface area contributed by atoms with E-state index >= 15 is 0 Å². The van der Waals surface area contributed by atoms with E-state index in [9.17, 15) is 9.59 Å². The average molecular weight is 238 g/mol. The second kappa shape index (κ2) is 6.62. The van der Waals surface area contributed by atoms with E-state index in [-0.39, 0.29) is 11.0 Å². The Morgan fingerprint density at radius 3 is 2.35 bits per heavy atom. The fourth-order valence-electron chi connectivity index (χ4n) is 0.700. The number of carbonyl (C=O) groups excluding carboxylic acids is 1. The van der Waals surface area contributed by atoms with Gasteiger partial charge >= 0.3 is 5.97 Å². The number of pyridine rings is 1. The molecule has 1 aromatic rings. The zero-order valence-electron chi connectivity index (χ0n) is 10.5. The van der Waals surface area contributed by atoms with Crippen LogP contribution in [0.2, 0.25) is 0 Å². The van der Waals surface area contributed by atoms with E-state index in [2.05, 4.69) is 10.3 Å². The first-order chi connectivity index (χ1) is 7.80. The first-order valence-corrected chi connectivity index (χ1v) is 5.13. The molecule has 0 aliphatic rings. The summed E-state index contributed by atoms with van der Waals surface area (Å²) in [6.45, 7) is 5.62. The normalized spacial score (nSPS) is 9.88. The van der Waals surface area contributed by atoms with Gasteiger partial charge in [-0.05, 0) is 12.1 Å². The third kappa shape index (κ3) is 7.05. The van der Waals surface area contributed by atoms with Crippen molar-refractivity contribution in [3.05, 3.63) is 23.9 Å². The summed E-state index contributed by atoms with van der Waals surface area (Å²) in [5, 5.41) is 11.3. The second-order valence-electron chi connectivity index (χ2n) is 4.47. The van der Waals surface area contributed by atoms with Crippen molar-refractivity contribution in [3.8, 4) is 0 Å². The van der Waals surface area contributed by atoms with E-state index in [1.807, 2.05) is 20.8 Å². The standard InChI is InChI=1S/C7H8N2O2.C5H10O/c1-8-6-4-5(7(10)11)2-3-9-6;1-5(2,3)4-6/h2-4H,1H3,(H,8,9)(H,10,11);4H,1-3H3. The molecular weight excluding hydrogens is 220 g/mol. The molecule has 0 aliphatic heterocycles. The molecule has 0 aliphatic carbocycles. The van der Waals surface area contributed by atoms with E-state index in [0.717, 1.165) is 6.29 Å². The summed E-state index contributed by atoms with van der Waals surface area (Å²) >= 11 is 0. The second-order valence-corrected chi connectivity index (χ2v) is 4.47. The molecule has 2 N–H and O–H groups in total.